The third-order valence-corrected chi connectivity index (χ3v) is 0.447. The molecule has 0 spiro atoms. The molecule has 9 heteroatoms. The maximum Gasteiger partial charge on any atom is 2.00 e. The van der Waals surface area contributed by atoms with E-state index in [2.05, 4.69) is 59.5 Å². The second-order valence-electron chi connectivity index (χ2n) is 0.683. The van der Waals surface area contributed by atoms with Crippen molar-refractivity contribution >= 4 is 58.5 Å². The van der Waals surface area contributed by atoms with Gasteiger partial charge in [0.25, 0.3) is 0 Å². The first-order chi connectivity index (χ1) is 4.54. The maximum absolute atomic E-state index is 7.40. The minimum absolute atomic E-state index is 0. The summed E-state index contributed by atoms with van der Waals surface area (Å²) in [7, 11) is 0. The van der Waals surface area contributed by atoms with Crippen LogP contribution in [0.15, 0.2) is 0 Å². The van der Waals surface area contributed by atoms with Gasteiger partial charge in [0, 0.05) is 0 Å². The van der Waals surface area contributed by atoms with E-state index in [1.54, 1.807) is 0 Å². The van der Waals surface area contributed by atoms with Crippen molar-refractivity contribution in [2.75, 3.05) is 0 Å². The van der Waals surface area contributed by atoms with Crippen molar-refractivity contribution in [2.24, 2.45) is 0 Å². The molecule has 0 amide bonds. The standard InChI is InChI=1S/2CH2O2S2.Fe/c2*2-3-1(4)5;/h2*2H,(H,4,5);/q;;+2/p-2. The Hall–Kier alpha value is 0.659. The number of hydrogen-bond acceptors (Lipinski definition) is 8. The molecule has 2 N–H and O–H groups in total. The molecule has 0 aromatic carbocycles. The van der Waals surface area contributed by atoms with Crippen LogP contribution in [0, 0.1) is 0 Å². The summed E-state index contributed by atoms with van der Waals surface area (Å²) in [5.74, 6) is 0. The molecule has 0 unspecified atom stereocenters. The van der Waals surface area contributed by atoms with E-state index < -0.39 is 0 Å². The zero-order valence-corrected chi connectivity index (χ0v) is 9.07. The molecule has 0 saturated carbocycles. The topological polar surface area (TPSA) is 58.9 Å². The molecule has 0 aromatic heterocycles. The molecule has 0 aliphatic heterocycles. The van der Waals surface area contributed by atoms with Crippen LogP contribution in [-0.4, -0.2) is 19.3 Å². The monoisotopic (exact) mass is 274 g/mol. The number of rotatable bonds is 0. The van der Waals surface area contributed by atoms with E-state index >= 15 is 0 Å². The molecule has 0 saturated heterocycles. The van der Waals surface area contributed by atoms with E-state index in [-0.39, 0.29) is 25.8 Å². The van der Waals surface area contributed by atoms with Gasteiger partial charge in [-0.2, -0.15) is 0 Å². The molecule has 0 aliphatic carbocycles. The molecule has 4 nitrogen and oxygen atoms in total. The normalized spacial score (nSPS) is 6.00. The molecule has 0 rings (SSSR count). The van der Waals surface area contributed by atoms with Crippen molar-refractivity contribution in [1.29, 1.82) is 0 Å². The molecule has 0 aromatic rings. The van der Waals surface area contributed by atoms with Crippen molar-refractivity contribution in [1.82, 2.24) is 0 Å². The van der Waals surface area contributed by atoms with E-state index in [0.29, 0.717) is 0 Å². The van der Waals surface area contributed by atoms with Crippen molar-refractivity contribution in [3.05, 3.63) is 0 Å². The van der Waals surface area contributed by atoms with Crippen LogP contribution < -0.4 is 0 Å². The van der Waals surface area contributed by atoms with Gasteiger partial charge in [-0.25, -0.2) is 10.5 Å². The second kappa shape index (κ2) is 13.3. The third-order valence-electron chi connectivity index (χ3n) is 0.149. The van der Waals surface area contributed by atoms with Crippen LogP contribution in [0.1, 0.15) is 0 Å². The van der Waals surface area contributed by atoms with E-state index in [9.17, 15) is 0 Å². The van der Waals surface area contributed by atoms with Crippen LogP contribution in [0.5, 0.6) is 0 Å². The Kier molecular flexibility index (Phi) is 21.3. The van der Waals surface area contributed by atoms with Gasteiger partial charge < -0.3 is 59.5 Å². The molecule has 0 aliphatic rings. The summed E-state index contributed by atoms with van der Waals surface area (Å²) in [6, 6.07) is 0. The van der Waals surface area contributed by atoms with Crippen LogP contribution in [0.3, 0.4) is 0 Å². The minimum Gasteiger partial charge on any atom is -0.387 e. The van der Waals surface area contributed by atoms with E-state index in [0.717, 1.165) is 0 Å². The van der Waals surface area contributed by atoms with Crippen LogP contribution in [0.25, 0.3) is 0 Å². The predicted octanol–water partition coefficient (Wildman–Crippen LogP) is 0.613. The fraction of sp³-hybridized carbons (Fsp3) is 0. The summed E-state index contributed by atoms with van der Waals surface area (Å²) in [4.78, 5) is 6.59. The summed E-state index contributed by atoms with van der Waals surface area (Å²) in [6.45, 7) is 0. The van der Waals surface area contributed by atoms with E-state index in [1.165, 1.54) is 0 Å². The van der Waals surface area contributed by atoms with Crippen molar-refractivity contribution in [2.45, 2.75) is 0 Å². The molecule has 0 heterocycles. The SMILES string of the molecule is OOC(=S)[S-].OOC(=S)[S-].[Fe+2]. The van der Waals surface area contributed by atoms with Gasteiger partial charge in [-0.15, -0.1) is 0 Å². The number of hydrogen-bond donors (Lipinski definition) is 2. The molecule has 0 atom stereocenters. The van der Waals surface area contributed by atoms with Gasteiger partial charge in [0.2, 0.25) is 0 Å². The van der Waals surface area contributed by atoms with E-state index in [1.807, 2.05) is 0 Å². The van der Waals surface area contributed by atoms with Crippen LogP contribution in [0.2, 0.25) is 0 Å². The van der Waals surface area contributed by atoms with Gasteiger partial charge in [-0.3, -0.25) is 0 Å². The fourth-order valence-corrected chi connectivity index (χ4v) is 0. The van der Waals surface area contributed by atoms with Gasteiger partial charge in [0.1, 0.15) is 0 Å². The molecule has 0 bridgehead atoms. The van der Waals surface area contributed by atoms with Gasteiger partial charge in [-0.1, -0.05) is 0 Å². The average molecular weight is 274 g/mol. The Labute approximate surface area is 95.4 Å². The smallest absolute Gasteiger partial charge is 0.387 e. The first kappa shape index (κ1) is 17.7. The summed E-state index contributed by atoms with van der Waals surface area (Å²) >= 11 is 16.2. The molecule has 66 valence electrons. The van der Waals surface area contributed by atoms with Crippen LogP contribution >= 0.6 is 24.4 Å². The first-order valence-corrected chi connectivity index (χ1v) is 3.22. The first-order valence-electron chi connectivity index (χ1n) is 1.59. The van der Waals surface area contributed by atoms with Gasteiger partial charge in [-0.05, 0) is 0 Å². The zero-order chi connectivity index (χ0) is 8.57. The third kappa shape index (κ3) is 36.8. The molecule has 11 heavy (non-hydrogen) atoms. The Morgan fingerprint density at radius 1 is 1.00 bits per heavy atom. The largest absolute Gasteiger partial charge is 2.00 e. The molecular weight excluding hydrogens is 272 g/mol. The summed E-state index contributed by atoms with van der Waals surface area (Å²) in [5.41, 5.74) is 0. The summed E-state index contributed by atoms with van der Waals surface area (Å²) < 4.78 is -0.546. The summed E-state index contributed by atoms with van der Waals surface area (Å²) in [5, 5.41) is 14.8. The Morgan fingerprint density at radius 3 is 1.09 bits per heavy atom. The Balaban J connectivity index is -0.000000107. The van der Waals surface area contributed by atoms with Gasteiger partial charge >= 0.3 is 17.1 Å². The second-order valence-corrected chi connectivity index (χ2v) is 2.68. The van der Waals surface area contributed by atoms with Crippen molar-refractivity contribution in [3.8, 4) is 0 Å². The number of thiocarbonyl (C=S) groups is 2. The Morgan fingerprint density at radius 2 is 1.09 bits per heavy atom. The Bertz CT molecular complexity index is 105. The minimum atomic E-state index is -0.273. The van der Waals surface area contributed by atoms with Crippen LogP contribution in [0.4, 0.5) is 0 Å². The zero-order valence-electron chi connectivity index (χ0n) is 4.70. The van der Waals surface area contributed by atoms with Crippen molar-refractivity contribution in [3.63, 3.8) is 0 Å². The maximum atomic E-state index is 7.40. The summed E-state index contributed by atoms with van der Waals surface area (Å²) in [6.07, 6.45) is 0. The van der Waals surface area contributed by atoms with Crippen molar-refractivity contribution < 1.29 is 37.4 Å². The average Bonchev–Trinajstić information content (AvgIpc) is 1.89. The van der Waals surface area contributed by atoms with E-state index in [4.69, 9.17) is 10.5 Å². The van der Waals surface area contributed by atoms with Gasteiger partial charge in [0.05, 0.1) is 8.77 Å². The predicted molar refractivity (Wildman–Crippen MR) is 47.4 cm³/mol. The molecule has 0 fully saturated rings. The van der Waals surface area contributed by atoms with Gasteiger partial charge in [0.15, 0.2) is 0 Å². The quantitative estimate of drug-likeness (QED) is 0.219. The molecular formula is C2H2FeO4S4. The fourth-order valence-electron chi connectivity index (χ4n) is 0. The van der Waals surface area contributed by atoms with Crippen LogP contribution in [-0.2, 0) is 52.1 Å². The molecule has 0 radical (unpaired) electrons.